The molecule has 0 bridgehead atoms. The summed E-state index contributed by atoms with van der Waals surface area (Å²) in [4.78, 5) is 77.2. The summed E-state index contributed by atoms with van der Waals surface area (Å²) in [5.74, 6) is -7.57. The smallest absolute Gasteiger partial charge is 0.336 e. The molecule has 0 saturated carbocycles. The van der Waals surface area contributed by atoms with Crippen molar-refractivity contribution in [3.63, 3.8) is 0 Å². The number of nitrogen functional groups attached to an aromatic ring is 1. The van der Waals surface area contributed by atoms with Gasteiger partial charge in [0.15, 0.2) is 0 Å². The fourth-order valence-corrected chi connectivity index (χ4v) is 4.52. The van der Waals surface area contributed by atoms with E-state index in [0.29, 0.717) is 16.7 Å². The lowest BCUT2D eigenvalue weighted by Crippen LogP contribution is -2.52. The van der Waals surface area contributed by atoms with Crippen molar-refractivity contribution in [2.24, 2.45) is 17.4 Å². The predicted molar refractivity (Wildman–Crippen MR) is 146 cm³/mol. The van der Waals surface area contributed by atoms with E-state index in [2.05, 4.69) is 0 Å². The van der Waals surface area contributed by atoms with Gasteiger partial charge in [-0.05, 0) is 24.1 Å². The second-order valence-corrected chi connectivity index (χ2v) is 9.74. The van der Waals surface area contributed by atoms with Gasteiger partial charge >= 0.3 is 23.9 Å². The average molecular weight is 582 g/mol. The Kier molecular flexibility index (Phi) is 10.5. The number of nitrogens with two attached hydrogens (primary N) is 2. The van der Waals surface area contributed by atoms with Crippen LogP contribution in [0.15, 0.2) is 54.6 Å². The van der Waals surface area contributed by atoms with Gasteiger partial charge in [-0.15, -0.1) is 0 Å². The molecule has 1 fully saturated rings. The molecule has 7 N–H and O–H groups in total. The van der Waals surface area contributed by atoms with E-state index in [1.54, 1.807) is 30.3 Å². The molecule has 0 aromatic heterocycles. The maximum Gasteiger partial charge on any atom is 0.336 e. The Morgan fingerprint density at radius 3 is 2.14 bits per heavy atom. The second kappa shape index (κ2) is 14.0. The number of carbonyl (C=O) groups is 6. The van der Waals surface area contributed by atoms with E-state index in [1.807, 2.05) is 0 Å². The van der Waals surface area contributed by atoms with Crippen LogP contribution < -0.4 is 11.5 Å². The first-order valence-corrected chi connectivity index (χ1v) is 12.9. The Hall–Kier alpha value is -5.11. The molecule has 1 aliphatic heterocycles. The molecule has 1 saturated heterocycles. The molecule has 3 rings (SSSR count). The third kappa shape index (κ3) is 8.20. The Bertz CT molecular complexity index is 1360. The average Bonchev–Trinajstić information content (AvgIpc) is 3.44. The summed E-state index contributed by atoms with van der Waals surface area (Å²) >= 11 is 0. The standard InChI is InChI=1S/C28H31N5O9/c29-20(13-22(34)35)27(40)42-28(41)21(12-16-4-2-1-3-5-16)33(15-23(36)37)26(39)19-10-11-32(14-19)25(38)18-8-6-17(7-9-18)24(30)31/h1-9,19-21H,10-15,29H2,(H3,30,31)(H,34,35)(H,36,37)/t19-,20+,21+/m1/s1. The molecule has 3 atom stereocenters. The van der Waals surface area contributed by atoms with E-state index in [0.717, 1.165) is 4.90 Å². The van der Waals surface area contributed by atoms with Crippen molar-refractivity contribution in [3.05, 3.63) is 71.3 Å². The number of hydrogen-bond acceptors (Lipinski definition) is 9. The van der Waals surface area contributed by atoms with Crippen LogP contribution in [0.25, 0.3) is 0 Å². The molecule has 14 nitrogen and oxygen atoms in total. The van der Waals surface area contributed by atoms with Crippen LogP contribution in [-0.2, 0) is 35.1 Å². The summed E-state index contributed by atoms with van der Waals surface area (Å²) in [5.41, 5.74) is 12.2. The highest BCUT2D eigenvalue weighted by Crippen LogP contribution is 2.24. The van der Waals surface area contributed by atoms with Gasteiger partial charge in [-0.2, -0.15) is 0 Å². The van der Waals surface area contributed by atoms with Crippen LogP contribution in [0.2, 0.25) is 0 Å². The van der Waals surface area contributed by atoms with Crippen LogP contribution in [-0.4, -0.2) is 93.3 Å². The summed E-state index contributed by atoms with van der Waals surface area (Å²) in [5, 5.41) is 26.0. The van der Waals surface area contributed by atoms with Crippen molar-refractivity contribution in [3.8, 4) is 0 Å². The summed E-state index contributed by atoms with van der Waals surface area (Å²) in [6, 6.07) is 11.1. The van der Waals surface area contributed by atoms with Crippen LogP contribution >= 0.6 is 0 Å². The topological polar surface area (TPSA) is 234 Å². The number of amides is 2. The van der Waals surface area contributed by atoms with Gasteiger partial charge in [0.25, 0.3) is 5.91 Å². The molecule has 0 radical (unpaired) electrons. The lowest BCUT2D eigenvalue weighted by molar-refractivity contribution is -0.168. The zero-order valence-electron chi connectivity index (χ0n) is 22.5. The Labute approximate surface area is 240 Å². The van der Waals surface area contributed by atoms with Gasteiger partial charge in [0.2, 0.25) is 5.91 Å². The van der Waals surface area contributed by atoms with Gasteiger partial charge in [-0.25, -0.2) is 9.59 Å². The molecule has 2 aromatic carbocycles. The van der Waals surface area contributed by atoms with Gasteiger partial charge < -0.3 is 36.2 Å². The zero-order chi connectivity index (χ0) is 31.0. The van der Waals surface area contributed by atoms with Crippen LogP contribution in [0.3, 0.4) is 0 Å². The van der Waals surface area contributed by atoms with E-state index >= 15 is 0 Å². The highest BCUT2D eigenvalue weighted by Gasteiger charge is 2.40. The van der Waals surface area contributed by atoms with Gasteiger partial charge in [-0.3, -0.25) is 24.6 Å². The molecule has 0 unspecified atom stereocenters. The summed E-state index contributed by atoms with van der Waals surface area (Å²) < 4.78 is 4.82. The number of carboxylic acid groups (broad SMARTS) is 2. The molecular formula is C28H31N5O9. The minimum Gasteiger partial charge on any atom is -0.481 e. The van der Waals surface area contributed by atoms with Crippen molar-refractivity contribution >= 4 is 41.5 Å². The van der Waals surface area contributed by atoms with Crippen LogP contribution in [0.5, 0.6) is 0 Å². The number of hydrogen-bond donors (Lipinski definition) is 5. The van der Waals surface area contributed by atoms with Crippen molar-refractivity contribution in [1.29, 1.82) is 5.41 Å². The molecule has 1 aliphatic rings. The van der Waals surface area contributed by atoms with E-state index in [1.165, 1.54) is 29.2 Å². The fourth-order valence-electron chi connectivity index (χ4n) is 4.52. The zero-order valence-corrected chi connectivity index (χ0v) is 22.5. The molecule has 0 aliphatic carbocycles. The molecule has 1 heterocycles. The first kappa shape index (κ1) is 31.4. The number of rotatable bonds is 12. The molecule has 2 aromatic rings. The number of carbonyl (C=O) groups excluding carboxylic acids is 4. The Morgan fingerprint density at radius 1 is 0.952 bits per heavy atom. The molecule has 14 heteroatoms. The first-order valence-electron chi connectivity index (χ1n) is 12.9. The minimum absolute atomic E-state index is 0.0578. The lowest BCUT2D eigenvalue weighted by atomic mass is 10.0. The molecule has 222 valence electrons. The number of nitrogens with one attached hydrogen (secondary N) is 1. The summed E-state index contributed by atoms with van der Waals surface area (Å²) in [6.45, 7) is -0.781. The number of likely N-dealkylation sites (tertiary alicyclic amines) is 1. The molecule has 42 heavy (non-hydrogen) atoms. The molecule has 0 spiro atoms. The number of esters is 2. The van der Waals surface area contributed by atoms with Crippen molar-refractivity contribution in [2.75, 3.05) is 19.6 Å². The maximum atomic E-state index is 13.7. The van der Waals surface area contributed by atoms with Gasteiger partial charge in [0, 0.05) is 30.6 Å². The number of benzene rings is 2. The van der Waals surface area contributed by atoms with E-state index in [4.69, 9.17) is 26.7 Å². The highest BCUT2D eigenvalue weighted by molar-refractivity contribution is 5.99. The van der Waals surface area contributed by atoms with Crippen LogP contribution in [0, 0.1) is 11.3 Å². The third-order valence-corrected chi connectivity index (χ3v) is 6.67. The second-order valence-electron chi connectivity index (χ2n) is 9.74. The van der Waals surface area contributed by atoms with Crippen LogP contribution in [0.1, 0.15) is 34.3 Å². The monoisotopic (exact) mass is 581 g/mol. The first-order chi connectivity index (χ1) is 19.9. The fraction of sp³-hybridized carbons (Fsp3) is 0.321. The molecular weight excluding hydrogens is 550 g/mol. The SMILES string of the molecule is N=C(N)c1ccc(C(=O)N2CC[C@@H](C(=O)N(CC(=O)O)[C@@H](Cc3ccccc3)C(=O)OC(=O)[C@@H](N)CC(=O)O)C2)cc1. The Morgan fingerprint density at radius 2 is 1.57 bits per heavy atom. The van der Waals surface area contributed by atoms with E-state index in [9.17, 15) is 33.9 Å². The minimum atomic E-state index is -1.66. The number of aliphatic carboxylic acids is 2. The highest BCUT2D eigenvalue weighted by atomic mass is 16.6. The summed E-state index contributed by atoms with van der Waals surface area (Å²) in [6.07, 6.45) is -0.837. The van der Waals surface area contributed by atoms with Crippen molar-refractivity contribution < 1.29 is 43.7 Å². The van der Waals surface area contributed by atoms with Crippen LogP contribution in [0.4, 0.5) is 0 Å². The lowest BCUT2D eigenvalue weighted by Gasteiger charge is -2.31. The largest absolute Gasteiger partial charge is 0.481 e. The van der Waals surface area contributed by atoms with Gasteiger partial charge in [-0.1, -0.05) is 42.5 Å². The third-order valence-electron chi connectivity index (χ3n) is 6.67. The number of amidine groups is 1. The quantitative estimate of drug-likeness (QED) is 0.0955. The Balaban J connectivity index is 1.83. The number of carboxylic acids is 2. The van der Waals surface area contributed by atoms with E-state index in [-0.39, 0.29) is 37.7 Å². The predicted octanol–water partition coefficient (Wildman–Crippen LogP) is -0.171. The molecule has 2 amide bonds. The maximum absolute atomic E-state index is 13.7. The normalized spacial score (nSPS) is 15.7. The number of ether oxygens (including phenoxy) is 1. The van der Waals surface area contributed by atoms with Crippen molar-refractivity contribution in [1.82, 2.24) is 9.80 Å². The summed E-state index contributed by atoms with van der Waals surface area (Å²) in [7, 11) is 0. The van der Waals surface area contributed by atoms with Gasteiger partial charge in [0.1, 0.15) is 24.5 Å². The van der Waals surface area contributed by atoms with Gasteiger partial charge in [0.05, 0.1) is 12.3 Å². The number of nitrogens with zero attached hydrogens (tertiary/aromatic N) is 2. The van der Waals surface area contributed by atoms with Crippen molar-refractivity contribution in [2.45, 2.75) is 31.3 Å². The van der Waals surface area contributed by atoms with E-state index < -0.39 is 60.8 Å².